The first-order valence-electron chi connectivity index (χ1n) is 8.05. The van der Waals surface area contributed by atoms with Crippen LogP contribution in [0.25, 0.3) is 0 Å². The topological polar surface area (TPSA) is 29.5 Å². The Morgan fingerprint density at radius 1 is 1.27 bits per heavy atom. The number of halogens is 1. The summed E-state index contributed by atoms with van der Waals surface area (Å²) in [6.07, 6.45) is 4.73. The van der Waals surface area contributed by atoms with E-state index < -0.39 is 0 Å². The number of hydrogen-bond acceptors (Lipinski definition) is 2. The van der Waals surface area contributed by atoms with Crippen LogP contribution >= 0.6 is 15.9 Å². The van der Waals surface area contributed by atoms with Crippen LogP contribution in [-0.4, -0.2) is 19.1 Å². The lowest BCUT2D eigenvalue weighted by Crippen LogP contribution is -2.45. The minimum absolute atomic E-state index is 0.215. The number of nitrogens with zero attached hydrogens (tertiary/aromatic N) is 1. The third-order valence-corrected chi connectivity index (χ3v) is 5.50. The van der Waals surface area contributed by atoms with Crippen LogP contribution < -0.4 is 9.64 Å². The van der Waals surface area contributed by atoms with E-state index in [1.165, 1.54) is 24.8 Å². The van der Waals surface area contributed by atoms with Gasteiger partial charge in [-0.2, -0.15) is 0 Å². The van der Waals surface area contributed by atoms with E-state index in [1.807, 2.05) is 26.8 Å². The Morgan fingerprint density at radius 2 is 1.95 bits per heavy atom. The molecule has 1 fully saturated rings. The number of hydrogen-bond donors (Lipinski definition) is 0. The summed E-state index contributed by atoms with van der Waals surface area (Å²) in [6, 6.07) is 4.50. The molecular formula is C18H24BrNO2. The molecule has 1 heterocycles. The molecule has 1 aliphatic carbocycles. The summed E-state index contributed by atoms with van der Waals surface area (Å²) in [5, 5.41) is 0. The van der Waals surface area contributed by atoms with Gasteiger partial charge in [-0.15, -0.1) is 0 Å². The number of fused-ring (bicyclic) bond motifs is 3. The second-order valence-electron chi connectivity index (χ2n) is 7.43. The fourth-order valence-electron chi connectivity index (χ4n) is 3.80. The number of benzene rings is 1. The van der Waals surface area contributed by atoms with Crippen molar-refractivity contribution in [1.29, 1.82) is 0 Å². The molecule has 22 heavy (non-hydrogen) atoms. The molecule has 0 aromatic heterocycles. The average molecular weight is 366 g/mol. The monoisotopic (exact) mass is 365 g/mol. The van der Waals surface area contributed by atoms with Gasteiger partial charge in [0.25, 0.3) is 0 Å². The lowest BCUT2D eigenvalue weighted by molar-refractivity contribution is -0.126. The number of carbonyl (C=O) groups excluding carboxylic acids is 1. The first-order chi connectivity index (χ1) is 10.3. The van der Waals surface area contributed by atoms with E-state index in [9.17, 15) is 4.79 Å². The smallest absolute Gasteiger partial charge is 0.232 e. The van der Waals surface area contributed by atoms with Crippen LogP contribution in [0.2, 0.25) is 0 Å². The van der Waals surface area contributed by atoms with E-state index in [-0.39, 0.29) is 11.3 Å². The number of ether oxygens (including phenoxy) is 1. The minimum Gasteiger partial charge on any atom is -0.495 e. The zero-order valence-corrected chi connectivity index (χ0v) is 15.4. The van der Waals surface area contributed by atoms with Crippen LogP contribution in [0.1, 0.15) is 57.9 Å². The summed E-state index contributed by atoms with van der Waals surface area (Å²) < 4.78 is 6.43. The van der Waals surface area contributed by atoms with Crippen molar-refractivity contribution in [1.82, 2.24) is 0 Å². The number of rotatable bonds is 1. The van der Waals surface area contributed by atoms with Gasteiger partial charge in [-0.25, -0.2) is 0 Å². The molecule has 0 saturated heterocycles. The second kappa shape index (κ2) is 5.55. The summed E-state index contributed by atoms with van der Waals surface area (Å²) in [6.45, 7) is 6.00. The maximum absolute atomic E-state index is 13.0. The molecule has 120 valence electrons. The largest absolute Gasteiger partial charge is 0.495 e. The van der Waals surface area contributed by atoms with E-state index >= 15 is 0 Å². The van der Waals surface area contributed by atoms with E-state index in [0.717, 1.165) is 22.3 Å². The van der Waals surface area contributed by atoms with Crippen molar-refractivity contribution in [3.05, 3.63) is 22.2 Å². The van der Waals surface area contributed by atoms with Crippen LogP contribution in [0.4, 0.5) is 5.69 Å². The molecule has 1 saturated carbocycles. The minimum atomic E-state index is -0.371. The van der Waals surface area contributed by atoms with Gasteiger partial charge in [0, 0.05) is 23.4 Å². The number of methoxy groups -OCH3 is 1. The highest BCUT2D eigenvalue weighted by atomic mass is 79.9. The van der Waals surface area contributed by atoms with Crippen LogP contribution in [0.5, 0.6) is 5.75 Å². The Morgan fingerprint density at radius 3 is 2.59 bits per heavy atom. The maximum Gasteiger partial charge on any atom is 0.232 e. The van der Waals surface area contributed by atoms with E-state index in [4.69, 9.17) is 4.74 Å². The normalized spacial score (nSPS) is 24.0. The van der Waals surface area contributed by atoms with Gasteiger partial charge < -0.3 is 9.64 Å². The lowest BCUT2D eigenvalue weighted by Gasteiger charge is -2.35. The Labute approximate surface area is 141 Å². The van der Waals surface area contributed by atoms with E-state index in [1.54, 1.807) is 7.11 Å². The van der Waals surface area contributed by atoms with E-state index in [0.29, 0.717) is 12.0 Å². The van der Waals surface area contributed by atoms with Crippen molar-refractivity contribution in [3.63, 3.8) is 0 Å². The van der Waals surface area contributed by atoms with Gasteiger partial charge in [0.05, 0.1) is 17.3 Å². The van der Waals surface area contributed by atoms with Crippen molar-refractivity contribution in [2.45, 2.75) is 58.4 Å². The fraction of sp³-hybridized carbons (Fsp3) is 0.611. The summed E-state index contributed by atoms with van der Waals surface area (Å²) in [7, 11) is 1.67. The highest BCUT2D eigenvalue weighted by molar-refractivity contribution is 9.10. The number of anilines is 1. The zero-order chi connectivity index (χ0) is 16.1. The van der Waals surface area contributed by atoms with Crippen LogP contribution in [0, 0.1) is 5.41 Å². The van der Waals surface area contributed by atoms with Crippen LogP contribution in [-0.2, 0) is 4.79 Å². The molecule has 3 rings (SSSR count). The molecule has 2 aliphatic rings. The van der Waals surface area contributed by atoms with Crippen LogP contribution in [0.15, 0.2) is 16.6 Å². The van der Waals surface area contributed by atoms with Crippen molar-refractivity contribution >= 4 is 27.5 Å². The second-order valence-corrected chi connectivity index (χ2v) is 8.28. The van der Waals surface area contributed by atoms with Gasteiger partial charge in [-0.1, -0.05) is 33.6 Å². The van der Waals surface area contributed by atoms with Gasteiger partial charge in [-0.3, -0.25) is 4.79 Å². The third-order valence-electron chi connectivity index (χ3n) is 4.88. The molecule has 1 aromatic carbocycles. The Balaban J connectivity index is 2.13. The number of amides is 1. The van der Waals surface area contributed by atoms with Crippen LogP contribution in [0.3, 0.4) is 0 Å². The predicted molar refractivity (Wildman–Crippen MR) is 92.6 cm³/mol. The lowest BCUT2D eigenvalue weighted by atomic mass is 9.82. The Kier molecular flexibility index (Phi) is 4.00. The van der Waals surface area contributed by atoms with Crippen molar-refractivity contribution < 1.29 is 9.53 Å². The zero-order valence-electron chi connectivity index (χ0n) is 13.8. The summed E-state index contributed by atoms with van der Waals surface area (Å²) in [5.41, 5.74) is 1.98. The van der Waals surface area contributed by atoms with Gasteiger partial charge in [0.15, 0.2) is 0 Å². The first-order valence-corrected chi connectivity index (χ1v) is 8.85. The molecule has 3 nitrogen and oxygen atoms in total. The molecule has 1 aromatic rings. The molecule has 0 unspecified atom stereocenters. The summed E-state index contributed by atoms with van der Waals surface area (Å²) in [4.78, 5) is 15.1. The van der Waals surface area contributed by atoms with Gasteiger partial charge in [0.2, 0.25) is 5.91 Å². The standard InChI is InChI=1S/C18H24BrNO2/c1-18(2,3)17(21)20-14-8-6-5-7-11(14)12-9-13(19)16(22-4)10-15(12)20/h9-11,14H,5-8H2,1-4H3/t11-,14-/m0/s1. The molecule has 1 aliphatic heterocycles. The molecule has 0 N–H and O–H groups in total. The molecule has 0 spiro atoms. The molecular weight excluding hydrogens is 342 g/mol. The van der Waals surface area contributed by atoms with Crippen molar-refractivity contribution in [3.8, 4) is 5.75 Å². The highest BCUT2D eigenvalue weighted by Crippen LogP contribution is 2.51. The SMILES string of the molecule is COc1cc2c(cc1Br)[C@@H]1CCCC[C@@H]1N2C(=O)C(C)(C)C. The average Bonchev–Trinajstić information content (AvgIpc) is 2.78. The van der Waals surface area contributed by atoms with E-state index in [2.05, 4.69) is 26.9 Å². The summed E-state index contributed by atoms with van der Waals surface area (Å²) in [5.74, 6) is 1.48. The molecule has 2 atom stereocenters. The number of carbonyl (C=O) groups is 1. The molecule has 0 radical (unpaired) electrons. The van der Waals surface area contributed by atoms with Gasteiger partial charge in [0.1, 0.15) is 5.75 Å². The Hall–Kier alpha value is -1.03. The molecule has 4 heteroatoms. The quantitative estimate of drug-likeness (QED) is 0.709. The summed E-state index contributed by atoms with van der Waals surface area (Å²) >= 11 is 3.59. The highest BCUT2D eigenvalue weighted by Gasteiger charge is 2.45. The third kappa shape index (κ3) is 2.45. The first kappa shape index (κ1) is 15.9. The maximum atomic E-state index is 13.0. The van der Waals surface area contributed by atoms with Crippen molar-refractivity contribution in [2.75, 3.05) is 12.0 Å². The predicted octanol–water partition coefficient (Wildman–Crippen LogP) is 4.88. The van der Waals surface area contributed by atoms with Crippen molar-refractivity contribution in [2.24, 2.45) is 5.41 Å². The fourth-order valence-corrected chi connectivity index (χ4v) is 4.33. The Bertz CT molecular complexity index is 606. The van der Waals surface area contributed by atoms with Gasteiger partial charge >= 0.3 is 0 Å². The molecule has 0 bridgehead atoms. The van der Waals surface area contributed by atoms with Gasteiger partial charge in [-0.05, 0) is 40.4 Å². The molecule has 1 amide bonds.